The van der Waals surface area contributed by atoms with Crippen LogP contribution in [0.4, 0.5) is 4.79 Å². The van der Waals surface area contributed by atoms with Crippen molar-refractivity contribution in [2.75, 3.05) is 6.61 Å². The van der Waals surface area contributed by atoms with Crippen LogP contribution in [0.5, 0.6) is 5.75 Å². The van der Waals surface area contributed by atoms with Crippen LogP contribution in [0.15, 0.2) is 58.7 Å². The third kappa shape index (κ3) is 4.13. The van der Waals surface area contributed by atoms with Gasteiger partial charge in [0, 0.05) is 4.47 Å². The molecule has 1 N–H and O–H groups in total. The summed E-state index contributed by atoms with van der Waals surface area (Å²) in [6.07, 6.45) is 6.78. The molecule has 0 aromatic heterocycles. The molecule has 0 aliphatic carbocycles. The van der Waals surface area contributed by atoms with Gasteiger partial charge in [0.05, 0.1) is 6.54 Å². The molecular formula is C20H15BrN2O3. The van der Waals surface area contributed by atoms with Crippen LogP contribution in [0.3, 0.4) is 0 Å². The molecule has 1 fully saturated rings. The molecule has 3 amide bonds. The van der Waals surface area contributed by atoms with E-state index < -0.39 is 6.03 Å². The summed E-state index contributed by atoms with van der Waals surface area (Å²) in [5.74, 6) is 2.68. The Morgan fingerprint density at radius 1 is 1.12 bits per heavy atom. The van der Waals surface area contributed by atoms with Crippen molar-refractivity contribution >= 4 is 33.9 Å². The van der Waals surface area contributed by atoms with Crippen LogP contribution in [0.2, 0.25) is 0 Å². The maximum Gasteiger partial charge on any atom is 0.329 e. The maximum atomic E-state index is 12.5. The lowest BCUT2D eigenvalue weighted by molar-refractivity contribution is -0.123. The Morgan fingerprint density at radius 2 is 1.81 bits per heavy atom. The number of amides is 3. The molecule has 0 radical (unpaired) electrons. The van der Waals surface area contributed by atoms with E-state index in [2.05, 4.69) is 27.2 Å². The number of rotatable bonds is 5. The highest BCUT2D eigenvalue weighted by atomic mass is 79.9. The second kappa shape index (κ2) is 7.89. The highest BCUT2D eigenvalue weighted by Crippen LogP contribution is 2.19. The Bertz CT molecular complexity index is 896. The topological polar surface area (TPSA) is 58.6 Å². The summed E-state index contributed by atoms with van der Waals surface area (Å²) >= 11 is 3.36. The van der Waals surface area contributed by atoms with E-state index in [-0.39, 0.29) is 24.8 Å². The Balaban J connectivity index is 1.72. The smallest absolute Gasteiger partial charge is 0.329 e. The molecule has 0 atom stereocenters. The molecule has 3 rings (SSSR count). The largest absolute Gasteiger partial charge is 0.481 e. The van der Waals surface area contributed by atoms with E-state index in [1.807, 2.05) is 24.3 Å². The van der Waals surface area contributed by atoms with Crippen molar-refractivity contribution in [2.24, 2.45) is 0 Å². The second-order valence-electron chi connectivity index (χ2n) is 5.57. The minimum absolute atomic E-state index is 0.194. The van der Waals surface area contributed by atoms with Crippen LogP contribution in [0.25, 0.3) is 6.08 Å². The second-order valence-corrected chi connectivity index (χ2v) is 6.48. The van der Waals surface area contributed by atoms with Crippen molar-refractivity contribution in [3.63, 3.8) is 0 Å². The molecular weight excluding hydrogens is 396 g/mol. The molecule has 0 saturated carbocycles. The lowest BCUT2D eigenvalue weighted by Crippen LogP contribution is -2.30. The van der Waals surface area contributed by atoms with Crippen molar-refractivity contribution in [1.82, 2.24) is 10.2 Å². The highest BCUT2D eigenvalue weighted by Gasteiger charge is 2.33. The first-order valence-corrected chi connectivity index (χ1v) is 8.61. The van der Waals surface area contributed by atoms with Crippen LogP contribution >= 0.6 is 15.9 Å². The molecule has 26 heavy (non-hydrogen) atoms. The number of ether oxygens (including phenoxy) is 1. The van der Waals surface area contributed by atoms with E-state index in [4.69, 9.17) is 11.2 Å². The fraction of sp³-hybridized carbons (Fsp3) is 0.100. The number of benzene rings is 2. The van der Waals surface area contributed by atoms with E-state index in [1.54, 1.807) is 30.3 Å². The standard InChI is InChI=1S/C20H15BrN2O3/c1-2-11-26-17-9-5-14(6-10-17)12-18-19(24)23(20(25)22-18)13-15-3-7-16(21)8-4-15/h1,3-10,12H,11,13H2,(H,22,25)/b18-12+. The first kappa shape index (κ1) is 17.8. The summed E-state index contributed by atoms with van der Waals surface area (Å²) in [5.41, 5.74) is 1.88. The third-order valence-corrected chi connectivity index (χ3v) is 4.26. The molecule has 1 heterocycles. The van der Waals surface area contributed by atoms with Gasteiger partial charge in [-0.25, -0.2) is 4.79 Å². The number of halogens is 1. The van der Waals surface area contributed by atoms with Gasteiger partial charge in [-0.05, 0) is 41.5 Å². The van der Waals surface area contributed by atoms with Gasteiger partial charge in [0.15, 0.2) is 0 Å². The van der Waals surface area contributed by atoms with Crippen LogP contribution < -0.4 is 10.1 Å². The van der Waals surface area contributed by atoms with Gasteiger partial charge in [0.25, 0.3) is 5.91 Å². The van der Waals surface area contributed by atoms with Gasteiger partial charge in [-0.15, -0.1) is 6.42 Å². The summed E-state index contributed by atoms with van der Waals surface area (Å²) < 4.78 is 6.24. The first-order valence-electron chi connectivity index (χ1n) is 7.82. The molecule has 1 aliphatic heterocycles. The maximum absolute atomic E-state index is 12.5. The number of carbonyl (C=O) groups excluding carboxylic acids is 2. The molecule has 1 saturated heterocycles. The van der Waals surface area contributed by atoms with Gasteiger partial charge in [0.2, 0.25) is 0 Å². The molecule has 130 valence electrons. The molecule has 2 aromatic rings. The first-order chi connectivity index (χ1) is 12.6. The molecule has 2 aromatic carbocycles. The van der Waals surface area contributed by atoms with E-state index in [1.165, 1.54) is 4.90 Å². The zero-order chi connectivity index (χ0) is 18.5. The summed E-state index contributed by atoms with van der Waals surface area (Å²) in [5, 5.41) is 2.61. The minimum Gasteiger partial charge on any atom is -0.481 e. The fourth-order valence-corrected chi connectivity index (χ4v) is 2.70. The Kier molecular flexibility index (Phi) is 5.40. The fourth-order valence-electron chi connectivity index (χ4n) is 2.44. The van der Waals surface area contributed by atoms with Gasteiger partial charge < -0.3 is 10.1 Å². The number of nitrogens with one attached hydrogen (secondary N) is 1. The summed E-state index contributed by atoms with van der Waals surface area (Å²) in [6.45, 7) is 0.411. The van der Waals surface area contributed by atoms with Crippen molar-refractivity contribution in [2.45, 2.75) is 6.54 Å². The van der Waals surface area contributed by atoms with Crippen LogP contribution in [0.1, 0.15) is 11.1 Å². The van der Waals surface area contributed by atoms with E-state index in [0.717, 1.165) is 15.6 Å². The molecule has 1 aliphatic rings. The molecule has 0 bridgehead atoms. The Morgan fingerprint density at radius 3 is 2.46 bits per heavy atom. The van der Waals surface area contributed by atoms with Gasteiger partial charge in [0.1, 0.15) is 18.1 Å². The highest BCUT2D eigenvalue weighted by molar-refractivity contribution is 9.10. The van der Waals surface area contributed by atoms with E-state index >= 15 is 0 Å². The zero-order valence-corrected chi connectivity index (χ0v) is 15.3. The zero-order valence-electron chi connectivity index (χ0n) is 13.7. The minimum atomic E-state index is -0.432. The molecule has 0 spiro atoms. The lowest BCUT2D eigenvalue weighted by Gasteiger charge is -2.11. The average molecular weight is 411 g/mol. The third-order valence-electron chi connectivity index (χ3n) is 3.73. The number of nitrogens with zero attached hydrogens (tertiary/aromatic N) is 1. The number of terminal acetylenes is 1. The number of imide groups is 1. The Hall–Kier alpha value is -3.04. The SMILES string of the molecule is C#CCOc1ccc(/C=C2/NC(=O)N(Cc3ccc(Br)cc3)C2=O)cc1. The monoisotopic (exact) mass is 410 g/mol. The van der Waals surface area contributed by atoms with E-state index in [9.17, 15) is 9.59 Å². The number of hydrogen-bond acceptors (Lipinski definition) is 3. The van der Waals surface area contributed by atoms with Crippen LogP contribution in [-0.4, -0.2) is 23.4 Å². The van der Waals surface area contributed by atoms with Crippen LogP contribution in [-0.2, 0) is 11.3 Å². The number of hydrogen-bond donors (Lipinski definition) is 1. The van der Waals surface area contributed by atoms with Gasteiger partial charge >= 0.3 is 6.03 Å². The summed E-state index contributed by atoms with van der Waals surface area (Å²) in [4.78, 5) is 25.8. The van der Waals surface area contributed by atoms with E-state index in [0.29, 0.717) is 5.75 Å². The average Bonchev–Trinajstić information content (AvgIpc) is 2.90. The Labute approximate surface area is 159 Å². The van der Waals surface area contributed by atoms with Gasteiger partial charge in [-0.1, -0.05) is 46.1 Å². The summed E-state index contributed by atoms with van der Waals surface area (Å²) in [6, 6.07) is 14.1. The van der Waals surface area contributed by atoms with Gasteiger partial charge in [-0.3, -0.25) is 9.69 Å². The van der Waals surface area contributed by atoms with Crippen LogP contribution in [0, 0.1) is 12.3 Å². The molecule has 0 unspecified atom stereocenters. The lowest BCUT2D eigenvalue weighted by atomic mass is 10.1. The molecule has 5 nitrogen and oxygen atoms in total. The van der Waals surface area contributed by atoms with Crippen molar-refractivity contribution in [1.29, 1.82) is 0 Å². The summed E-state index contributed by atoms with van der Waals surface area (Å²) in [7, 11) is 0. The van der Waals surface area contributed by atoms with Gasteiger partial charge in [-0.2, -0.15) is 0 Å². The quantitative estimate of drug-likeness (QED) is 0.465. The van der Waals surface area contributed by atoms with Crippen molar-refractivity contribution < 1.29 is 14.3 Å². The normalized spacial score (nSPS) is 15.1. The predicted octanol–water partition coefficient (Wildman–Crippen LogP) is 3.55. The number of urea groups is 1. The van der Waals surface area contributed by atoms with Crippen molar-refractivity contribution in [3.05, 3.63) is 69.8 Å². The molecule has 6 heteroatoms. The number of carbonyl (C=O) groups is 2. The van der Waals surface area contributed by atoms with Crippen molar-refractivity contribution in [3.8, 4) is 18.1 Å². The predicted molar refractivity (Wildman–Crippen MR) is 102 cm³/mol.